The Hall–Kier alpha value is -3.75. The van der Waals surface area contributed by atoms with Crippen molar-refractivity contribution in [1.82, 2.24) is 33.4 Å². The molecule has 4 rings (SSSR count). The van der Waals surface area contributed by atoms with Gasteiger partial charge < -0.3 is 19.7 Å². The van der Waals surface area contributed by atoms with E-state index in [-0.39, 0.29) is 32.1 Å². The predicted octanol–water partition coefficient (Wildman–Crippen LogP) is 0.601. The molecular formula is C24H32N8O5S. The molecule has 1 aromatic carbocycles. The van der Waals surface area contributed by atoms with Crippen LogP contribution < -0.4 is 19.7 Å². The highest BCUT2D eigenvalue weighted by Crippen LogP contribution is 2.24. The average molecular weight is 545 g/mol. The first kappa shape index (κ1) is 27.3. The van der Waals surface area contributed by atoms with Crippen molar-refractivity contribution in [2.75, 3.05) is 52.8 Å². The average Bonchev–Trinajstić information content (AvgIpc) is 3.46. The number of aryl methyl sites for hydroxylation is 1. The van der Waals surface area contributed by atoms with Crippen LogP contribution in [-0.4, -0.2) is 96.4 Å². The molecule has 3 aromatic rings. The lowest BCUT2D eigenvalue weighted by atomic mass is 10.1. The molecule has 1 unspecified atom stereocenters. The van der Waals surface area contributed by atoms with Crippen LogP contribution in [0.5, 0.6) is 11.5 Å². The van der Waals surface area contributed by atoms with E-state index in [0.717, 1.165) is 9.87 Å². The van der Waals surface area contributed by atoms with E-state index in [2.05, 4.69) is 20.3 Å². The molecule has 0 aliphatic carbocycles. The molecule has 0 bridgehead atoms. The molecular weight excluding hydrogens is 512 g/mol. The number of hydrogen-bond acceptors (Lipinski definition) is 9. The molecule has 1 saturated heterocycles. The maximum Gasteiger partial charge on any atom is 0.281 e. The van der Waals surface area contributed by atoms with Gasteiger partial charge in [-0.1, -0.05) is 0 Å². The van der Waals surface area contributed by atoms with E-state index in [1.807, 2.05) is 11.8 Å². The number of hydrogen-bond donors (Lipinski definition) is 1. The van der Waals surface area contributed by atoms with Crippen LogP contribution in [0.3, 0.4) is 0 Å². The zero-order valence-electron chi connectivity index (χ0n) is 22.0. The summed E-state index contributed by atoms with van der Waals surface area (Å²) in [7, 11) is 2.32. The largest absolute Gasteiger partial charge is 0.497 e. The van der Waals surface area contributed by atoms with Crippen molar-refractivity contribution in [3.8, 4) is 17.4 Å². The van der Waals surface area contributed by atoms with E-state index in [9.17, 15) is 13.2 Å². The second kappa shape index (κ2) is 11.3. The Labute approximate surface area is 222 Å². The molecule has 1 amide bonds. The Morgan fingerprint density at radius 2 is 1.82 bits per heavy atom. The molecule has 1 N–H and O–H groups in total. The number of nitrogens with one attached hydrogen (secondary N) is 1. The van der Waals surface area contributed by atoms with Crippen molar-refractivity contribution in [2.24, 2.45) is 0 Å². The van der Waals surface area contributed by atoms with Gasteiger partial charge in [0.1, 0.15) is 29.7 Å². The summed E-state index contributed by atoms with van der Waals surface area (Å²) in [5, 5.41) is 2.94. The minimum absolute atomic E-state index is 0.0444. The highest BCUT2D eigenvalue weighted by molar-refractivity contribution is 7.86. The fourth-order valence-corrected chi connectivity index (χ4v) is 5.25. The zero-order valence-corrected chi connectivity index (χ0v) is 22.8. The van der Waals surface area contributed by atoms with Gasteiger partial charge in [-0.05, 0) is 24.6 Å². The fourth-order valence-electron chi connectivity index (χ4n) is 4.15. The van der Waals surface area contributed by atoms with Crippen LogP contribution in [0.25, 0.3) is 5.95 Å². The van der Waals surface area contributed by atoms with Crippen molar-refractivity contribution in [3.63, 3.8) is 0 Å². The first-order chi connectivity index (χ1) is 18.1. The van der Waals surface area contributed by atoms with Crippen LogP contribution in [0, 0.1) is 6.92 Å². The number of rotatable bonds is 9. The van der Waals surface area contributed by atoms with Gasteiger partial charge >= 0.3 is 0 Å². The van der Waals surface area contributed by atoms with Crippen LogP contribution in [0.2, 0.25) is 0 Å². The van der Waals surface area contributed by atoms with Crippen LogP contribution in [0.1, 0.15) is 11.3 Å². The molecule has 2 aromatic heterocycles. The first-order valence-electron chi connectivity index (χ1n) is 11.9. The molecule has 0 spiro atoms. The summed E-state index contributed by atoms with van der Waals surface area (Å²) in [6.07, 6.45) is 4.94. The second-order valence-electron chi connectivity index (χ2n) is 8.93. The van der Waals surface area contributed by atoms with Gasteiger partial charge in [-0.15, -0.1) is 0 Å². The molecule has 1 atom stereocenters. The second-order valence-corrected chi connectivity index (χ2v) is 11.1. The quantitative estimate of drug-likeness (QED) is 0.411. The minimum Gasteiger partial charge on any atom is -0.497 e. The summed E-state index contributed by atoms with van der Waals surface area (Å²) in [6, 6.07) is 6.29. The Kier molecular flexibility index (Phi) is 8.14. The summed E-state index contributed by atoms with van der Waals surface area (Å²) in [6.45, 7) is 2.44. The van der Waals surface area contributed by atoms with E-state index in [0.29, 0.717) is 29.0 Å². The highest BCUT2D eigenvalue weighted by atomic mass is 32.2. The molecule has 13 nitrogen and oxygen atoms in total. The van der Waals surface area contributed by atoms with Crippen LogP contribution >= 0.6 is 0 Å². The number of anilines is 1. The lowest BCUT2D eigenvalue weighted by molar-refractivity contribution is -0.123. The lowest BCUT2D eigenvalue weighted by Gasteiger charge is -2.41. The minimum atomic E-state index is -3.73. The SMILES string of the molecule is COc1cc(CNC(=O)C2CN(S(=O)(=O)N(C)C)CCN2c2cc(C)nc(-n3ccnc3)n2)cc(OC)c1. The van der Waals surface area contributed by atoms with Crippen molar-refractivity contribution in [3.05, 3.63) is 54.2 Å². The van der Waals surface area contributed by atoms with Crippen LogP contribution in [0.15, 0.2) is 43.0 Å². The van der Waals surface area contributed by atoms with Crippen molar-refractivity contribution < 1.29 is 22.7 Å². The number of benzene rings is 1. The number of aromatic nitrogens is 4. The monoisotopic (exact) mass is 544 g/mol. The van der Waals surface area contributed by atoms with Crippen molar-refractivity contribution in [1.29, 1.82) is 0 Å². The smallest absolute Gasteiger partial charge is 0.281 e. The third-order valence-electron chi connectivity index (χ3n) is 6.17. The molecule has 0 radical (unpaired) electrons. The Bertz CT molecular complexity index is 1360. The van der Waals surface area contributed by atoms with Gasteiger partial charge in [0.15, 0.2) is 0 Å². The summed E-state index contributed by atoms with van der Waals surface area (Å²) < 4.78 is 40.6. The number of amides is 1. The van der Waals surface area contributed by atoms with Crippen LogP contribution in [-0.2, 0) is 21.5 Å². The van der Waals surface area contributed by atoms with Gasteiger partial charge in [0.25, 0.3) is 10.2 Å². The summed E-state index contributed by atoms with van der Waals surface area (Å²) >= 11 is 0. The van der Waals surface area contributed by atoms with E-state index in [1.54, 1.807) is 61.8 Å². The van der Waals surface area contributed by atoms with Gasteiger partial charge in [-0.3, -0.25) is 9.36 Å². The standard InChI is InChI=1S/C24H32N8O5S/c1-17-10-22(28-24(27-17)30-7-6-25-16-30)32-9-8-31(38(34,35)29(2)3)15-21(32)23(33)26-14-18-11-19(36-4)13-20(12-18)37-5/h6-7,10-13,16,21H,8-9,14-15H2,1-5H3,(H,26,33). The number of nitrogens with zero attached hydrogens (tertiary/aromatic N) is 7. The zero-order chi connectivity index (χ0) is 27.4. The number of ether oxygens (including phenoxy) is 2. The maximum absolute atomic E-state index is 13.6. The summed E-state index contributed by atoms with van der Waals surface area (Å²) in [5.41, 5.74) is 1.47. The highest BCUT2D eigenvalue weighted by Gasteiger charge is 2.39. The van der Waals surface area contributed by atoms with E-state index in [1.165, 1.54) is 18.4 Å². The molecule has 1 aliphatic heterocycles. The number of methoxy groups -OCH3 is 2. The summed E-state index contributed by atoms with van der Waals surface area (Å²) in [5.74, 6) is 1.78. The third kappa shape index (κ3) is 5.87. The summed E-state index contributed by atoms with van der Waals surface area (Å²) in [4.78, 5) is 28.6. The topological polar surface area (TPSA) is 135 Å². The van der Waals surface area contributed by atoms with Gasteiger partial charge in [0.2, 0.25) is 11.9 Å². The number of imidazole rings is 1. The third-order valence-corrected chi connectivity index (χ3v) is 8.08. The lowest BCUT2D eigenvalue weighted by Crippen LogP contribution is -2.61. The van der Waals surface area contributed by atoms with E-state index in [4.69, 9.17) is 9.47 Å². The maximum atomic E-state index is 13.6. The Morgan fingerprint density at radius 3 is 2.42 bits per heavy atom. The molecule has 0 saturated carbocycles. The van der Waals surface area contributed by atoms with Crippen LogP contribution in [0.4, 0.5) is 5.82 Å². The molecule has 1 fully saturated rings. The van der Waals surface area contributed by atoms with Crippen molar-refractivity contribution >= 4 is 21.9 Å². The van der Waals surface area contributed by atoms with Crippen molar-refractivity contribution in [2.45, 2.75) is 19.5 Å². The molecule has 204 valence electrons. The van der Waals surface area contributed by atoms with Gasteiger partial charge in [0.05, 0.1) is 14.2 Å². The number of carbonyl (C=O) groups is 1. The predicted molar refractivity (Wildman–Crippen MR) is 141 cm³/mol. The van der Waals surface area contributed by atoms with Gasteiger partial charge in [0, 0.05) is 70.5 Å². The molecule has 3 heterocycles. The molecule has 38 heavy (non-hydrogen) atoms. The first-order valence-corrected chi connectivity index (χ1v) is 13.3. The molecule has 1 aliphatic rings. The van der Waals surface area contributed by atoms with Gasteiger partial charge in [-0.2, -0.15) is 22.0 Å². The van der Waals surface area contributed by atoms with E-state index < -0.39 is 16.3 Å². The fraction of sp³-hybridized carbons (Fsp3) is 0.417. The molecule has 14 heteroatoms. The number of piperazine rings is 1. The number of carbonyl (C=O) groups excluding carboxylic acids is 1. The normalized spacial score (nSPS) is 16.5. The Balaban J connectivity index is 1.63. The van der Waals surface area contributed by atoms with Gasteiger partial charge in [-0.25, -0.2) is 9.97 Å². The Morgan fingerprint density at radius 1 is 1.11 bits per heavy atom. The van der Waals surface area contributed by atoms with E-state index >= 15 is 0 Å².